The van der Waals surface area contributed by atoms with E-state index in [2.05, 4.69) is 45.5 Å². The predicted octanol–water partition coefficient (Wildman–Crippen LogP) is 4.80. The topological polar surface area (TPSA) is 88.1 Å². The van der Waals surface area contributed by atoms with Gasteiger partial charge >= 0.3 is 0 Å². The minimum Gasteiger partial charge on any atom is -0.485 e. The summed E-state index contributed by atoms with van der Waals surface area (Å²) in [4.78, 5) is 4.42. The molecule has 0 unspecified atom stereocenters. The minimum absolute atomic E-state index is 0.294. The summed E-state index contributed by atoms with van der Waals surface area (Å²) in [6, 6.07) is 18.2. The maximum Gasteiger partial charge on any atom is 0.237 e. The Balaban J connectivity index is 1.47. The van der Waals surface area contributed by atoms with E-state index in [4.69, 9.17) is 14.0 Å². The smallest absolute Gasteiger partial charge is 0.237 e. The molecule has 0 fully saturated rings. The van der Waals surface area contributed by atoms with Crippen molar-refractivity contribution in [2.24, 2.45) is 0 Å². The molecule has 8 nitrogen and oxygen atoms in total. The Morgan fingerprint density at radius 2 is 1.85 bits per heavy atom. The van der Waals surface area contributed by atoms with E-state index in [1.807, 2.05) is 41.0 Å². The molecule has 0 saturated heterocycles. The number of ether oxygens (including phenoxy) is 2. The fraction of sp³-hybridized carbons (Fsp3) is 0.333. The van der Waals surface area contributed by atoms with Crippen molar-refractivity contribution in [3.05, 3.63) is 72.1 Å². The minimum atomic E-state index is 0.294. The summed E-state index contributed by atoms with van der Waals surface area (Å²) in [7, 11) is 1.68. The van der Waals surface area contributed by atoms with Crippen LogP contribution in [0.1, 0.15) is 30.9 Å². The lowest BCUT2D eigenvalue weighted by Gasteiger charge is -2.13. The van der Waals surface area contributed by atoms with Gasteiger partial charge in [0.2, 0.25) is 5.89 Å². The molecular formula is C24H27N5O3S. The van der Waals surface area contributed by atoms with Gasteiger partial charge in [0.25, 0.3) is 0 Å². The molecule has 2 heterocycles. The average Bonchev–Trinajstić information content (AvgIpc) is 3.47. The second kappa shape index (κ2) is 11.6. The van der Waals surface area contributed by atoms with E-state index in [9.17, 15) is 0 Å². The van der Waals surface area contributed by atoms with Gasteiger partial charge in [0.05, 0.1) is 12.4 Å². The van der Waals surface area contributed by atoms with Crippen molar-refractivity contribution in [3.8, 4) is 16.9 Å². The van der Waals surface area contributed by atoms with Crippen LogP contribution in [0.5, 0.6) is 5.75 Å². The third-order valence-corrected chi connectivity index (χ3v) is 5.90. The predicted molar refractivity (Wildman–Crippen MR) is 126 cm³/mol. The maximum absolute atomic E-state index is 6.19. The highest BCUT2D eigenvalue weighted by atomic mass is 32.2. The summed E-state index contributed by atoms with van der Waals surface area (Å²) in [5.74, 6) is 3.38. The molecule has 0 radical (unpaired) electrons. The molecule has 0 amide bonds. The lowest BCUT2D eigenvalue weighted by atomic mass is 10.1. The van der Waals surface area contributed by atoms with Gasteiger partial charge in [-0.05, 0) is 18.1 Å². The molecule has 2 aromatic heterocycles. The molecular weight excluding hydrogens is 438 g/mol. The van der Waals surface area contributed by atoms with Gasteiger partial charge in [0, 0.05) is 25.6 Å². The number of hydrogen-bond donors (Lipinski definition) is 0. The third-order valence-electron chi connectivity index (χ3n) is 4.95. The zero-order chi connectivity index (χ0) is 22.9. The number of benzene rings is 2. The second-order valence-corrected chi connectivity index (χ2v) is 8.28. The molecule has 4 aromatic rings. The quantitative estimate of drug-likeness (QED) is 0.276. The van der Waals surface area contributed by atoms with E-state index in [-0.39, 0.29) is 0 Å². The number of aryl methyl sites for hydroxylation is 1. The van der Waals surface area contributed by atoms with Crippen LogP contribution < -0.4 is 4.74 Å². The summed E-state index contributed by atoms with van der Waals surface area (Å²) in [6.45, 7) is 3.55. The monoisotopic (exact) mass is 465 g/mol. The molecule has 4 rings (SSSR count). The first kappa shape index (κ1) is 23.0. The zero-order valence-electron chi connectivity index (χ0n) is 18.8. The largest absolute Gasteiger partial charge is 0.485 e. The van der Waals surface area contributed by atoms with Crippen LogP contribution in [0.3, 0.4) is 0 Å². The Morgan fingerprint density at radius 1 is 1.03 bits per heavy atom. The zero-order valence-corrected chi connectivity index (χ0v) is 19.6. The normalized spacial score (nSPS) is 11.1. The summed E-state index contributed by atoms with van der Waals surface area (Å²) in [6.07, 6.45) is 1.79. The van der Waals surface area contributed by atoms with E-state index in [0.717, 1.165) is 46.5 Å². The van der Waals surface area contributed by atoms with Crippen LogP contribution in [-0.4, -0.2) is 38.6 Å². The van der Waals surface area contributed by atoms with Crippen LogP contribution in [0.2, 0.25) is 0 Å². The van der Waals surface area contributed by atoms with Crippen molar-refractivity contribution in [3.63, 3.8) is 0 Å². The molecule has 2 aromatic carbocycles. The summed E-state index contributed by atoms with van der Waals surface area (Å²) in [5, 5.41) is 13.5. The molecule has 0 atom stereocenters. The summed E-state index contributed by atoms with van der Waals surface area (Å²) >= 11 is 1.51. The van der Waals surface area contributed by atoms with Crippen molar-refractivity contribution in [1.82, 2.24) is 24.9 Å². The fourth-order valence-corrected chi connectivity index (χ4v) is 4.15. The van der Waals surface area contributed by atoms with Gasteiger partial charge in [-0.15, -0.1) is 10.2 Å². The van der Waals surface area contributed by atoms with Gasteiger partial charge < -0.3 is 18.6 Å². The highest BCUT2D eigenvalue weighted by Gasteiger charge is 2.16. The van der Waals surface area contributed by atoms with Gasteiger partial charge in [0.15, 0.2) is 16.8 Å². The SMILES string of the molecule is CCCc1noc(CSc2nnc(COc3ccccc3-c3ccccc3)n2CCOC)n1. The van der Waals surface area contributed by atoms with Crippen molar-refractivity contribution in [2.45, 2.75) is 43.8 Å². The van der Waals surface area contributed by atoms with Gasteiger partial charge in [-0.3, -0.25) is 0 Å². The standard InChI is InChI=1S/C24H27N5O3S/c1-3-9-21-25-23(32-28-21)17-33-24-27-26-22(29(24)14-15-30-2)16-31-20-13-8-7-12-19(20)18-10-5-4-6-11-18/h4-8,10-13H,3,9,14-17H2,1-2H3. The average molecular weight is 466 g/mol. The molecule has 0 aliphatic rings. The van der Waals surface area contributed by atoms with Crippen LogP contribution >= 0.6 is 11.8 Å². The highest BCUT2D eigenvalue weighted by Crippen LogP contribution is 2.30. The Bertz CT molecular complexity index is 1150. The molecule has 0 N–H and O–H groups in total. The lowest BCUT2D eigenvalue weighted by Crippen LogP contribution is -2.12. The van der Waals surface area contributed by atoms with Crippen molar-refractivity contribution in [1.29, 1.82) is 0 Å². The number of para-hydroxylation sites is 1. The number of thioether (sulfide) groups is 1. The van der Waals surface area contributed by atoms with E-state index >= 15 is 0 Å². The van der Waals surface area contributed by atoms with Crippen LogP contribution in [0.4, 0.5) is 0 Å². The fourth-order valence-electron chi connectivity index (χ4n) is 3.33. The van der Waals surface area contributed by atoms with Crippen LogP contribution in [0, 0.1) is 0 Å². The molecule has 0 aliphatic heterocycles. The number of aromatic nitrogens is 5. The Hall–Kier alpha value is -3.17. The van der Waals surface area contributed by atoms with Crippen LogP contribution in [0.15, 0.2) is 64.3 Å². The van der Waals surface area contributed by atoms with E-state index in [0.29, 0.717) is 31.4 Å². The Morgan fingerprint density at radius 3 is 2.67 bits per heavy atom. The van der Waals surface area contributed by atoms with Crippen LogP contribution in [0.25, 0.3) is 11.1 Å². The Kier molecular flexibility index (Phi) is 8.10. The van der Waals surface area contributed by atoms with Crippen LogP contribution in [-0.2, 0) is 30.1 Å². The second-order valence-electron chi connectivity index (χ2n) is 7.34. The Labute approximate surface area is 197 Å². The van der Waals surface area contributed by atoms with Crippen molar-refractivity contribution >= 4 is 11.8 Å². The summed E-state index contributed by atoms with van der Waals surface area (Å²) < 4.78 is 18.8. The number of methoxy groups -OCH3 is 1. The van der Waals surface area contributed by atoms with Gasteiger partial charge in [-0.25, -0.2) is 0 Å². The maximum atomic E-state index is 6.19. The number of nitrogens with zero attached hydrogens (tertiary/aromatic N) is 5. The van der Waals surface area contributed by atoms with E-state index in [1.165, 1.54) is 11.8 Å². The lowest BCUT2D eigenvalue weighted by molar-refractivity contribution is 0.181. The molecule has 172 valence electrons. The number of hydrogen-bond acceptors (Lipinski definition) is 8. The molecule has 0 aliphatic carbocycles. The number of rotatable bonds is 12. The van der Waals surface area contributed by atoms with Crippen molar-refractivity contribution < 1.29 is 14.0 Å². The molecule has 0 spiro atoms. The first-order chi connectivity index (χ1) is 16.3. The molecule has 0 saturated carbocycles. The molecule has 9 heteroatoms. The highest BCUT2D eigenvalue weighted by molar-refractivity contribution is 7.98. The van der Waals surface area contributed by atoms with Gasteiger partial charge in [0.1, 0.15) is 12.4 Å². The van der Waals surface area contributed by atoms with Gasteiger partial charge in [-0.2, -0.15) is 4.98 Å². The van der Waals surface area contributed by atoms with E-state index < -0.39 is 0 Å². The third kappa shape index (κ3) is 6.00. The summed E-state index contributed by atoms with van der Waals surface area (Å²) in [5.41, 5.74) is 2.14. The van der Waals surface area contributed by atoms with Gasteiger partial charge in [-0.1, -0.05) is 72.4 Å². The molecule has 33 heavy (non-hydrogen) atoms. The van der Waals surface area contributed by atoms with E-state index in [1.54, 1.807) is 7.11 Å². The molecule has 0 bridgehead atoms. The first-order valence-electron chi connectivity index (χ1n) is 10.9. The first-order valence-corrected chi connectivity index (χ1v) is 11.9. The van der Waals surface area contributed by atoms with Crippen molar-refractivity contribution in [2.75, 3.05) is 13.7 Å².